The van der Waals surface area contributed by atoms with Gasteiger partial charge in [0.2, 0.25) is 0 Å². The predicted molar refractivity (Wildman–Crippen MR) is 101 cm³/mol. The second-order valence-electron chi connectivity index (χ2n) is 8.33. The highest BCUT2D eigenvalue weighted by atomic mass is 16.8. The monoisotopic (exact) mass is 504 g/mol. The molecule has 0 saturated carbocycles. The Bertz CT molecular complexity index is 639. The third kappa shape index (κ3) is 5.37. The van der Waals surface area contributed by atoms with E-state index in [1.165, 1.54) is 0 Å². The van der Waals surface area contributed by atoms with E-state index in [2.05, 4.69) is 0 Å². The van der Waals surface area contributed by atoms with E-state index in [1.54, 1.807) is 0 Å². The second-order valence-corrected chi connectivity index (χ2v) is 8.33. The summed E-state index contributed by atoms with van der Waals surface area (Å²) in [5.41, 5.74) is 0. The van der Waals surface area contributed by atoms with Crippen LogP contribution in [-0.2, 0) is 23.7 Å². The number of rotatable bonds is 7. The van der Waals surface area contributed by atoms with E-state index < -0.39 is 112 Å². The molecule has 3 heterocycles. The summed E-state index contributed by atoms with van der Waals surface area (Å²) in [7, 11) is 0. The predicted octanol–water partition coefficient (Wildman–Crippen LogP) is -7.57. The van der Waals surface area contributed by atoms with Crippen molar-refractivity contribution < 1.29 is 79.9 Å². The molecule has 3 saturated heterocycles. The summed E-state index contributed by atoms with van der Waals surface area (Å²) in [6, 6.07) is 0. The average Bonchev–Trinajstić information content (AvgIpc) is 2.83. The maximum absolute atomic E-state index is 10.6. The topological polar surface area (TPSA) is 269 Å². The lowest BCUT2D eigenvalue weighted by Crippen LogP contribution is -2.66. The van der Waals surface area contributed by atoms with Crippen LogP contribution in [0.5, 0.6) is 0 Å². The zero-order valence-electron chi connectivity index (χ0n) is 17.7. The van der Waals surface area contributed by atoms with Crippen molar-refractivity contribution in [3.8, 4) is 0 Å². The van der Waals surface area contributed by atoms with E-state index >= 15 is 0 Å². The highest BCUT2D eigenvalue weighted by molar-refractivity contribution is 4.95. The van der Waals surface area contributed by atoms with E-state index in [1.807, 2.05) is 0 Å². The molecular formula is C18H32O16. The summed E-state index contributed by atoms with van der Waals surface area (Å²) in [5, 5.41) is 109. The SMILES string of the molecule is OC[C@H]1O[C@H](O)[C@@H](OC2O[C@H](CO)[C@@H](O)[C@H](O)[C@@H]2OC2O[C@H](CO)[C@@H](O)[C@H](O)[C@@H]2O)[C@@H](O)[C@@H]1O. The van der Waals surface area contributed by atoms with Crippen LogP contribution in [0.15, 0.2) is 0 Å². The number of ether oxygens (including phenoxy) is 5. The summed E-state index contributed by atoms with van der Waals surface area (Å²) in [6.45, 7) is -2.31. The van der Waals surface area contributed by atoms with Crippen LogP contribution in [-0.4, -0.2) is 168 Å². The molecule has 3 aliphatic heterocycles. The van der Waals surface area contributed by atoms with Crippen LogP contribution in [0.1, 0.15) is 0 Å². The molecule has 16 heteroatoms. The number of aliphatic hydroxyl groups is 11. The van der Waals surface area contributed by atoms with E-state index in [-0.39, 0.29) is 0 Å². The van der Waals surface area contributed by atoms with Crippen molar-refractivity contribution in [3.63, 3.8) is 0 Å². The van der Waals surface area contributed by atoms with Gasteiger partial charge >= 0.3 is 0 Å². The van der Waals surface area contributed by atoms with Crippen LogP contribution in [0.3, 0.4) is 0 Å². The van der Waals surface area contributed by atoms with Crippen molar-refractivity contribution >= 4 is 0 Å². The van der Waals surface area contributed by atoms with E-state index in [0.29, 0.717) is 0 Å². The van der Waals surface area contributed by atoms with E-state index in [4.69, 9.17) is 23.7 Å². The van der Waals surface area contributed by atoms with Gasteiger partial charge in [-0.3, -0.25) is 0 Å². The molecule has 3 aliphatic rings. The molecule has 0 aromatic rings. The molecule has 0 bridgehead atoms. The van der Waals surface area contributed by atoms with Crippen molar-refractivity contribution in [2.75, 3.05) is 19.8 Å². The van der Waals surface area contributed by atoms with Gasteiger partial charge in [0.25, 0.3) is 0 Å². The molecule has 0 amide bonds. The minimum absolute atomic E-state index is 0.734. The highest BCUT2D eigenvalue weighted by Crippen LogP contribution is 2.32. The van der Waals surface area contributed by atoms with Crippen LogP contribution in [0, 0.1) is 0 Å². The van der Waals surface area contributed by atoms with Gasteiger partial charge in [-0.15, -0.1) is 0 Å². The first-order chi connectivity index (χ1) is 16.0. The first-order valence-corrected chi connectivity index (χ1v) is 10.6. The van der Waals surface area contributed by atoms with Gasteiger partial charge in [0.1, 0.15) is 73.2 Å². The third-order valence-corrected chi connectivity index (χ3v) is 6.10. The number of hydrogen-bond donors (Lipinski definition) is 11. The van der Waals surface area contributed by atoms with Crippen LogP contribution in [0.25, 0.3) is 0 Å². The van der Waals surface area contributed by atoms with Gasteiger partial charge in [0.15, 0.2) is 18.9 Å². The fourth-order valence-corrected chi connectivity index (χ4v) is 4.02. The Kier molecular flexibility index (Phi) is 9.54. The molecule has 200 valence electrons. The Balaban J connectivity index is 1.82. The lowest BCUT2D eigenvalue weighted by molar-refractivity contribution is -0.391. The van der Waals surface area contributed by atoms with E-state index in [9.17, 15) is 56.2 Å². The first-order valence-electron chi connectivity index (χ1n) is 10.6. The van der Waals surface area contributed by atoms with Crippen molar-refractivity contribution in [3.05, 3.63) is 0 Å². The Labute approximate surface area is 192 Å². The zero-order valence-corrected chi connectivity index (χ0v) is 17.7. The lowest BCUT2D eigenvalue weighted by Gasteiger charge is -2.48. The number of hydrogen-bond acceptors (Lipinski definition) is 16. The van der Waals surface area contributed by atoms with Crippen LogP contribution in [0.2, 0.25) is 0 Å². The highest BCUT2D eigenvalue weighted by Gasteiger charge is 2.53. The molecular weight excluding hydrogens is 472 g/mol. The first kappa shape index (κ1) is 27.9. The van der Waals surface area contributed by atoms with Gasteiger partial charge in [-0.25, -0.2) is 0 Å². The largest absolute Gasteiger partial charge is 0.394 e. The maximum Gasteiger partial charge on any atom is 0.187 e. The molecule has 0 radical (unpaired) electrons. The maximum atomic E-state index is 10.6. The fourth-order valence-electron chi connectivity index (χ4n) is 4.02. The van der Waals surface area contributed by atoms with Gasteiger partial charge < -0.3 is 79.9 Å². The Hall–Kier alpha value is -0.640. The summed E-state index contributed by atoms with van der Waals surface area (Å²) in [5.74, 6) is 0. The van der Waals surface area contributed by atoms with Crippen molar-refractivity contribution in [2.24, 2.45) is 0 Å². The molecule has 3 fully saturated rings. The molecule has 34 heavy (non-hydrogen) atoms. The molecule has 0 aliphatic carbocycles. The normalized spacial score (nSPS) is 52.5. The van der Waals surface area contributed by atoms with Gasteiger partial charge in [-0.05, 0) is 0 Å². The third-order valence-electron chi connectivity index (χ3n) is 6.10. The Morgan fingerprint density at radius 3 is 1.38 bits per heavy atom. The number of aliphatic hydroxyl groups excluding tert-OH is 11. The van der Waals surface area contributed by atoms with Gasteiger partial charge in [0.05, 0.1) is 19.8 Å². The summed E-state index contributed by atoms with van der Waals surface area (Å²) in [6.07, 6.45) is -25.7. The van der Waals surface area contributed by atoms with Gasteiger partial charge in [-0.1, -0.05) is 0 Å². The minimum atomic E-state index is -1.90. The molecule has 15 atom stereocenters. The smallest absolute Gasteiger partial charge is 0.187 e. The summed E-state index contributed by atoms with van der Waals surface area (Å²) < 4.78 is 26.5. The van der Waals surface area contributed by atoms with Crippen molar-refractivity contribution in [1.82, 2.24) is 0 Å². The molecule has 0 spiro atoms. The molecule has 3 rings (SSSR count). The molecule has 2 unspecified atom stereocenters. The van der Waals surface area contributed by atoms with Gasteiger partial charge in [-0.2, -0.15) is 0 Å². The second kappa shape index (κ2) is 11.6. The molecule has 11 N–H and O–H groups in total. The van der Waals surface area contributed by atoms with Crippen LogP contribution < -0.4 is 0 Å². The van der Waals surface area contributed by atoms with Crippen LogP contribution >= 0.6 is 0 Å². The minimum Gasteiger partial charge on any atom is -0.394 e. The summed E-state index contributed by atoms with van der Waals surface area (Å²) >= 11 is 0. The Morgan fingerprint density at radius 2 is 0.853 bits per heavy atom. The quantitative estimate of drug-likeness (QED) is 0.154. The molecule has 0 aromatic carbocycles. The average molecular weight is 504 g/mol. The standard InChI is InChI=1S/C18H32O16/c19-1-4-8(23)11(26)14(16(29)30-4)33-18-15(12(27)9(24)6(3-21)32-18)34-17-13(28)10(25)7(22)5(2-20)31-17/h4-29H,1-3H2/t4-,5-,6-,7-,8-,9-,10+,11+,12+,13+,14+,15+,16+,17?,18?/m1/s1. The van der Waals surface area contributed by atoms with Crippen molar-refractivity contribution in [1.29, 1.82) is 0 Å². The Morgan fingerprint density at radius 1 is 0.441 bits per heavy atom. The molecule has 0 aromatic heterocycles. The van der Waals surface area contributed by atoms with Crippen LogP contribution in [0.4, 0.5) is 0 Å². The zero-order chi connectivity index (χ0) is 25.3. The lowest BCUT2D eigenvalue weighted by atomic mass is 9.96. The van der Waals surface area contributed by atoms with E-state index in [0.717, 1.165) is 0 Å². The van der Waals surface area contributed by atoms with Gasteiger partial charge in [0, 0.05) is 0 Å². The molecule has 16 nitrogen and oxygen atoms in total. The summed E-state index contributed by atoms with van der Waals surface area (Å²) in [4.78, 5) is 0. The fraction of sp³-hybridized carbons (Fsp3) is 1.00. The van der Waals surface area contributed by atoms with Crippen molar-refractivity contribution in [2.45, 2.75) is 92.1 Å².